The highest BCUT2D eigenvalue weighted by Crippen LogP contribution is 2.13. The lowest BCUT2D eigenvalue weighted by Gasteiger charge is -2.06. The van der Waals surface area contributed by atoms with E-state index in [9.17, 15) is 0 Å². The lowest BCUT2D eigenvalue weighted by molar-refractivity contribution is 0.826. The molecule has 0 aromatic heterocycles. The Balaban J connectivity index is 2.20. The van der Waals surface area contributed by atoms with E-state index in [-0.39, 0.29) is 0 Å². The molecule has 0 spiro atoms. The van der Waals surface area contributed by atoms with Crippen molar-refractivity contribution in [3.8, 4) is 6.07 Å². The molecule has 0 fully saturated rings. The van der Waals surface area contributed by atoms with Crippen LogP contribution < -0.4 is 0 Å². The van der Waals surface area contributed by atoms with Gasteiger partial charge in [0.1, 0.15) is 0 Å². The number of nitrogens with zero attached hydrogens (tertiary/aromatic N) is 2. The van der Waals surface area contributed by atoms with Gasteiger partial charge in [0.15, 0.2) is 0 Å². The summed E-state index contributed by atoms with van der Waals surface area (Å²) in [7, 11) is 0. The Bertz CT molecular complexity index is 433. The molecule has 0 amide bonds. The summed E-state index contributed by atoms with van der Waals surface area (Å²) in [5.74, 6) is 0. The minimum Gasteiger partial charge on any atom is -0.293 e. The number of aliphatic imine (C=N–C) groups is 1. The summed E-state index contributed by atoms with van der Waals surface area (Å²) in [4.78, 5) is 4.24. The van der Waals surface area contributed by atoms with Crippen LogP contribution in [0.4, 0.5) is 0 Å². The zero-order chi connectivity index (χ0) is 10.5. The maximum Gasteiger partial charge on any atom is 0.0991 e. The molecular formula is C13H12N2. The summed E-state index contributed by atoms with van der Waals surface area (Å²) in [6, 6.07) is 9.72. The van der Waals surface area contributed by atoms with Crippen molar-refractivity contribution in [2.75, 3.05) is 6.54 Å². The maximum atomic E-state index is 8.66. The molecule has 1 heterocycles. The molecule has 0 bridgehead atoms. The molecule has 15 heavy (non-hydrogen) atoms. The summed E-state index contributed by atoms with van der Waals surface area (Å²) in [6.07, 6.45) is 6.31. The van der Waals surface area contributed by atoms with Gasteiger partial charge >= 0.3 is 0 Å². The highest BCUT2D eigenvalue weighted by Gasteiger charge is 1.99. The lowest BCUT2D eigenvalue weighted by Crippen LogP contribution is -1.96. The quantitative estimate of drug-likeness (QED) is 0.680. The van der Waals surface area contributed by atoms with Crippen molar-refractivity contribution in [2.45, 2.75) is 12.8 Å². The van der Waals surface area contributed by atoms with Gasteiger partial charge in [-0.05, 0) is 36.1 Å². The van der Waals surface area contributed by atoms with Gasteiger partial charge in [-0.3, -0.25) is 4.99 Å². The van der Waals surface area contributed by atoms with Crippen LogP contribution in [-0.2, 0) is 0 Å². The highest BCUT2D eigenvalue weighted by molar-refractivity contribution is 5.86. The number of nitriles is 1. The SMILES string of the molecule is N#Cc1ccc(/C=C2/C=NCCC2)cc1. The van der Waals surface area contributed by atoms with E-state index in [1.165, 1.54) is 5.57 Å². The molecule has 2 heteroatoms. The van der Waals surface area contributed by atoms with Crippen LogP contribution in [0.15, 0.2) is 34.8 Å². The normalized spacial score (nSPS) is 17.7. The molecule has 0 radical (unpaired) electrons. The molecule has 0 atom stereocenters. The molecule has 2 rings (SSSR count). The number of rotatable bonds is 1. The number of hydrogen-bond donors (Lipinski definition) is 0. The van der Waals surface area contributed by atoms with Gasteiger partial charge in [-0.2, -0.15) is 5.26 Å². The first-order valence-electron chi connectivity index (χ1n) is 5.09. The van der Waals surface area contributed by atoms with Crippen molar-refractivity contribution >= 4 is 12.3 Å². The molecule has 1 aliphatic rings. The molecule has 0 saturated carbocycles. The summed E-state index contributed by atoms with van der Waals surface area (Å²) >= 11 is 0. The van der Waals surface area contributed by atoms with Gasteiger partial charge in [-0.1, -0.05) is 18.2 Å². The molecule has 74 valence electrons. The molecule has 0 aliphatic carbocycles. The molecule has 2 nitrogen and oxygen atoms in total. The first-order valence-corrected chi connectivity index (χ1v) is 5.09. The van der Waals surface area contributed by atoms with E-state index >= 15 is 0 Å². The molecule has 1 aromatic carbocycles. The zero-order valence-corrected chi connectivity index (χ0v) is 8.48. The van der Waals surface area contributed by atoms with E-state index in [2.05, 4.69) is 17.1 Å². The summed E-state index contributed by atoms with van der Waals surface area (Å²) in [6.45, 7) is 0.949. The predicted molar refractivity (Wildman–Crippen MR) is 61.7 cm³/mol. The lowest BCUT2D eigenvalue weighted by atomic mass is 10.0. The summed E-state index contributed by atoms with van der Waals surface area (Å²) < 4.78 is 0. The van der Waals surface area contributed by atoms with Crippen molar-refractivity contribution < 1.29 is 0 Å². The summed E-state index contributed by atoms with van der Waals surface area (Å²) in [5, 5.41) is 8.66. The Labute approximate surface area is 89.6 Å². The fourth-order valence-corrected chi connectivity index (χ4v) is 1.60. The molecular weight excluding hydrogens is 184 g/mol. The van der Waals surface area contributed by atoms with E-state index < -0.39 is 0 Å². The fourth-order valence-electron chi connectivity index (χ4n) is 1.60. The smallest absolute Gasteiger partial charge is 0.0991 e. The molecule has 1 aromatic rings. The summed E-state index contributed by atoms with van der Waals surface area (Å²) in [5.41, 5.74) is 3.11. The van der Waals surface area contributed by atoms with E-state index in [1.807, 2.05) is 30.5 Å². The van der Waals surface area contributed by atoms with Gasteiger partial charge in [-0.25, -0.2) is 0 Å². The van der Waals surface area contributed by atoms with Crippen LogP contribution in [-0.4, -0.2) is 12.8 Å². The largest absolute Gasteiger partial charge is 0.293 e. The second-order valence-corrected chi connectivity index (χ2v) is 3.59. The number of benzene rings is 1. The zero-order valence-electron chi connectivity index (χ0n) is 8.48. The van der Waals surface area contributed by atoms with Gasteiger partial charge in [0.05, 0.1) is 11.6 Å². The molecule has 1 aliphatic heterocycles. The Morgan fingerprint density at radius 1 is 1.27 bits per heavy atom. The van der Waals surface area contributed by atoms with Crippen LogP contribution in [0.5, 0.6) is 0 Å². The maximum absolute atomic E-state index is 8.66. The van der Waals surface area contributed by atoms with E-state index in [4.69, 9.17) is 5.26 Å². The average molecular weight is 196 g/mol. The van der Waals surface area contributed by atoms with Crippen LogP contribution >= 0.6 is 0 Å². The Hall–Kier alpha value is -1.88. The van der Waals surface area contributed by atoms with Crippen LogP contribution in [0.3, 0.4) is 0 Å². The second-order valence-electron chi connectivity index (χ2n) is 3.59. The molecule has 0 saturated heterocycles. The van der Waals surface area contributed by atoms with Crippen LogP contribution in [0.1, 0.15) is 24.0 Å². The first kappa shape index (κ1) is 9.67. The minimum absolute atomic E-state index is 0.703. The van der Waals surface area contributed by atoms with Gasteiger partial charge in [0.25, 0.3) is 0 Å². The van der Waals surface area contributed by atoms with E-state index in [0.29, 0.717) is 5.56 Å². The van der Waals surface area contributed by atoms with Gasteiger partial charge in [0, 0.05) is 12.8 Å². The predicted octanol–water partition coefficient (Wildman–Crippen LogP) is 2.81. The van der Waals surface area contributed by atoms with Crippen molar-refractivity contribution in [1.29, 1.82) is 5.26 Å². The average Bonchev–Trinajstić information content (AvgIpc) is 2.31. The van der Waals surface area contributed by atoms with Crippen molar-refractivity contribution in [2.24, 2.45) is 4.99 Å². The van der Waals surface area contributed by atoms with Gasteiger partial charge in [0.2, 0.25) is 0 Å². The van der Waals surface area contributed by atoms with Crippen LogP contribution in [0.25, 0.3) is 6.08 Å². The Morgan fingerprint density at radius 3 is 2.67 bits per heavy atom. The van der Waals surface area contributed by atoms with Crippen molar-refractivity contribution in [3.05, 3.63) is 41.0 Å². The van der Waals surface area contributed by atoms with Gasteiger partial charge < -0.3 is 0 Å². The third kappa shape index (κ3) is 2.54. The van der Waals surface area contributed by atoms with Gasteiger partial charge in [-0.15, -0.1) is 0 Å². The third-order valence-electron chi connectivity index (χ3n) is 2.40. The molecule has 0 N–H and O–H groups in total. The highest BCUT2D eigenvalue weighted by atomic mass is 14.7. The Morgan fingerprint density at radius 2 is 2.07 bits per heavy atom. The minimum atomic E-state index is 0.703. The Kier molecular flexibility index (Phi) is 2.94. The number of allylic oxidation sites excluding steroid dienone is 1. The van der Waals surface area contributed by atoms with E-state index in [0.717, 1.165) is 24.9 Å². The van der Waals surface area contributed by atoms with Crippen molar-refractivity contribution in [1.82, 2.24) is 0 Å². The standard InChI is InChI=1S/C13H12N2/c14-9-12-5-3-11(4-6-12)8-13-2-1-7-15-10-13/h3-6,8,10H,1-2,7H2/b13-8+. The second kappa shape index (κ2) is 4.56. The first-order chi connectivity index (χ1) is 7.38. The van der Waals surface area contributed by atoms with Crippen LogP contribution in [0, 0.1) is 11.3 Å². The van der Waals surface area contributed by atoms with E-state index in [1.54, 1.807) is 0 Å². The van der Waals surface area contributed by atoms with Crippen LogP contribution in [0.2, 0.25) is 0 Å². The topological polar surface area (TPSA) is 36.1 Å². The monoisotopic (exact) mass is 196 g/mol. The molecule has 0 unspecified atom stereocenters. The third-order valence-corrected chi connectivity index (χ3v) is 2.40. The number of hydrogen-bond acceptors (Lipinski definition) is 2. The fraction of sp³-hybridized carbons (Fsp3) is 0.231. The van der Waals surface area contributed by atoms with Crippen molar-refractivity contribution in [3.63, 3.8) is 0 Å².